The highest BCUT2D eigenvalue weighted by atomic mass is 16.2. The molecule has 82 valence electrons. The molecule has 0 aromatic heterocycles. The lowest BCUT2D eigenvalue weighted by Crippen LogP contribution is -2.37. The van der Waals surface area contributed by atoms with Crippen LogP contribution in [0.5, 0.6) is 0 Å². The van der Waals surface area contributed by atoms with Gasteiger partial charge >= 0.3 is 0 Å². The lowest BCUT2D eigenvalue weighted by molar-refractivity contribution is 0.875. The maximum absolute atomic E-state index is 11.3. The Morgan fingerprint density at radius 1 is 1.06 bits per heavy atom. The van der Waals surface area contributed by atoms with Crippen molar-refractivity contribution >= 4 is 5.69 Å². The fourth-order valence-corrected chi connectivity index (χ4v) is 1.72. The molecular formula is C13H13NO2. The van der Waals surface area contributed by atoms with Gasteiger partial charge < -0.3 is 5.32 Å². The third kappa shape index (κ3) is 1.65. The molecule has 0 fully saturated rings. The van der Waals surface area contributed by atoms with Gasteiger partial charge in [-0.25, -0.2) is 0 Å². The Kier molecular flexibility index (Phi) is 2.60. The Labute approximate surface area is 93.4 Å². The molecule has 1 atom stereocenters. The number of nitrogens with one attached hydrogen (secondary N) is 1. The predicted octanol–water partition coefficient (Wildman–Crippen LogP) is 1.76. The molecule has 0 bridgehead atoms. The highest BCUT2D eigenvalue weighted by Crippen LogP contribution is 2.18. The lowest BCUT2D eigenvalue weighted by atomic mass is 10.1. The van der Waals surface area contributed by atoms with Crippen molar-refractivity contribution in [3.8, 4) is 0 Å². The van der Waals surface area contributed by atoms with Gasteiger partial charge in [0.2, 0.25) is 10.9 Å². The van der Waals surface area contributed by atoms with E-state index < -0.39 is 5.43 Å². The molecule has 0 aliphatic rings. The minimum Gasteiger partial charge on any atom is -0.375 e. The summed E-state index contributed by atoms with van der Waals surface area (Å²) >= 11 is 0. The van der Waals surface area contributed by atoms with Gasteiger partial charge in [-0.1, -0.05) is 30.3 Å². The van der Waals surface area contributed by atoms with Crippen molar-refractivity contribution in [3.63, 3.8) is 0 Å². The molecular weight excluding hydrogens is 202 g/mol. The molecule has 0 aliphatic carbocycles. The van der Waals surface area contributed by atoms with Gasteiger partial charge in [0.25, 0.3) is 0 Å². The summed E-state index contributed by atoms with van der Waals surface area (Å²) in [5, 5.41) is 3.07. The second-order valence-electron chi connectivity index (χ2n) is 3.93. The van der Waals surface area contributed by atoms with Crippen LogP contribution in [0.4, 0.5) is 5.69 Å². The molecule has 0 aliphatic heterocycles. The van der Waals surface area contributed by atoms with Gasteiger partial charge in [0.05, 0.1) is 5.69 Å². The molecule has 0 heterocycles. The quantitative estimate of drug-likeness (QED) is 0.793. The summed E-state index contributed by atoms with van der Waals surface area (Å²) in [4.78, 5) is 22.3. The van der Waals surface area contributed by atoms with E-state index >= 15 is 0 Å². The van der Waals surface area contributed by atoms with E-state index in [2.05, 4.69) is 5.32 Å². The average Bonchev–Trinajstić information content (AvgIpc) is 2.35. The Bertz CT molecular complexity index is 565. The van der Waals surface area contributed by atoms with Gasteiger partial charge in [0.15, 0.2) is 0 Å². The molecule has 0 unspecified atom stereocenters. The smallest absolute Gasteiger partial charge is 0.249 e. The number of hydrogen-bond acceptors (Lipinski definition) is 3. The fraction of sp³-hybridized carbons (Fsp3) is 0.231. The molecule has 2 aromatic rings. The molecule has 2 rings (SSSR count). The predicted molar refractivity (Wildman–Crippen MR) is 64.6 cm³/mol. The van der Waals surface area contributed by atoms with Gasteiger partial charge in [-0.05, 0) is 19.4 Å². The van der Waals surface area contributed by atoms with E-state index in [1.54, 1.807) is 6.92 Å². The van der Waals surface area contributed by atoms with Crippen molar-refractivity contribution in [2.24, 2.45) is 0 Å². The largest absolute Gasteiger partial charge is 0.375 e. The zero-order valence-electron chi connectivity index (χ0n) is 9.28. The third-order valence-corrected chi connectivity index (χ3v) is 2.81. The summed E-state index contributed by atoms with van der Waals surface area (Å²) in [6.07, 6.45) is 0. The highest BCUT2D eigenvalue weighted by Gasteiger charge is 2.18. The van der Waals surface area contributed by atoms with Crippen LogP contribution in [0.15, 0.2) is 39.9 Å². The van der Waals surface area contributed by atoms with E-state index in [9.17, 15) is 9.59 Å². The van der Waals surface area contributed by atoms with Crippen molar-refractivity contribution < 1.29 is 0 Å². The SMILES string of the molecule is Cc1c(N[C@H](C)c2ccccc2)c(=O)c1=O. The highest BCUT2D eigenvalue weighted by molar-refractivity contribution is 5.56. The van der Waals surface area contributed by atoms with E-state index in [4.69, 9.17) is 0 Å². The van der Waals surface area contributed by atoms with Crippen molar-refractivity contribution in [1.29, 1.82) is 0 Å². The minimum atomic E-state index is -0.403. The van der Waals surface area contributed by atoms with Gasteiger partial charge in [0, 0.05) is 11.6 Å². The van der Waals surface area contributed by atoms with E-state index in [-0.39, 0.29) is 11.5 Å². The maximum Gasteiger partial charge on any atom is 0.249 e. The summed E-state index contributed by atoms with van der Waals surface area (Å²) in [5.41, 5.74) is 1.31. The third-order valence-electron chi connectivity index (χ3n) is 2.81. The second kappa shape index (κ2) is 3.93. The van der Waals surface area contributed by atoms with Gasteiger partial charge in [-0.15, -0.1) is 0 Å². The number of hydrogen-bond donors (Lipinski definition) is 1. The topological polar surface area (TPSA) is 46.2 Å². The zero-order valence-corrected chi connectivity index (χ0v) is 9.28. The molecule has 2 aromatic carbocycles. The maximum atomic E-state index is 11.3. The lowest BCUT2D eigenvalue weighted by Gasteiger charge is -2.17. The molecule has 0 amide bonds. The van der Waals surface area contributed by atoms with Crippen LogP contribution in [-0.4, -0.2) is 0 Å². The monoisotopic (exact) mass is 215 g/mol. The zero-order chi connectivity index (χ0) is 11.7. The second-order valence-corrected chi connectivity index (χ2v) is 3.93. The molecule has 0 radical (unpaired) electrons. The van der Waals surface area contributed by atoms with Crippen LogP contribution in [0.1, 0.15) is 24.1 Å². The van der Waals surface area contributed by atoms with E-state index in [1.807, 2.05) is 37.3 Å². The van der Waals surface area contributed by atoms with Crippen LogP contribution in [-0.2, 0) is 0 Å². The normalized spacial score (nSPS) is 12.6. The molecule has 0 saturated heterocycles. The number of rotatable bonds is 3. The molecule has 3 heteroatoms. The molecule has 1 N–H and O–H groups in total. The van der Waals surface area contributed by atoms with Crippen LogP contribution >= 0.6 is 0 Å². The van der Waals surface area contributed by atoms with E-state index in [0.29, 0.717) is 11.3 Å². The van der Waals surface area contributed by atoms with Crippen LogP contribution < -0.4 is 16.2 Å². The molecule has 0 spiro atoms. The first-order valence-electron chi connectivity index (χ1n) is 5.22. The van der Waals surface area contributed by atoms with Gasteiger partial charge in [0.1, 0.15) is 0 Å². The van der Waals surface area contributed by atoms with E-state index in [1.165, 1.54) is 0 Å². The standard InChI is InChI=1S/C13H13NO2/c1-8-11(13(16)12(8)15)14-9(2)10-6-4-3-5-7-10/h3-7,9,14H,1-2H3/t9-/m1/s1. The van der Waals surface area contributed by atoms with Crippen LogP contribution in [0.2, 0.25) is 0 Å². The summed E-state index contributed by atoms with van der Waals surface area (Å²) in [5.74, 6) is 0. The van der Waals surface area contributed by atoms with Crippen molar-refractivity contribution in [1.82, 2.24) is 0 Å². The first-order valence-corrected chi connectivity index (χ1v) is 5.22. The van der Waals surface area contributed by atoms with E-state index in [0.717, 1.165) is 5.56 Å². The minimum absolute atomic E-state index is 0.0307. The van der Waals surface area contributed by atoms with Gasteiger partial charge in [-0.3, -0.25) is 9.59 Å². The first kappa shape index (κ1) is 10.6. The Hall–Kier alpha value is -1.90. The van der Waals surface area contributed by atoms with Crippen LogP contribution in [0.25, 0.3) is 0 Å². The Morgan fingerprint density at radius 3 is 2.25 bits per heavy atom. The molecule has 16 heavy (non-hydrogen) atoms. The first-order chi connectivity index (χ1) is 7.61. The summed E-state index contributed by atoms with van der Waals surface area (Å²) in [7, 11) is 0. The average molecular weight is 215 g/mol. The van der Waals surface area contributed by atoms with Crippen LogP contribution in [0, 0.1) is 6.92 Å². The summed E-state index contributed by atoms with van der Waals surface area (Å²) < 4.78 is 0. The number of anilines is 1. The summed E-state index contributed by atoms with van der Waals surface area (Å²) in [6.45, 7) is 3.63. The van der Waals surface area contributed by atoms with Gasteiger partial charge in [-0.2, -0.15) is 0 Å². The number of benzene rings is 1. The van der Waals surface area contributed by atoms with Crippen molar-refractivity contribution in [2.75, 3.05) is 5.32 Å². The van der Waals surface area contributed by atoms with Crippen molar-refractivity contribution in [3.05, 3.63) is 61.9 Å². The van der Waals surface area contributed by atoms with Crippen LogP contribution in [0.3, 0.4) is 0 Å². The molecule has 3 nitrogen and oxygen atoms in total. The summed E-state index contributed by atoms with van der Waals surface area (Å²) in [6, 6.07) is 9.84. The molecule has 0 saturated carbocycles. The Morgan fingerprint density at radius 2 is 1.69 bits per heavy atom. The Balaban J connectivity index is 2.19. The fourth-order valence-electron chi connectivity index (χ4n) is 1.72. The van der Waals surface area contributed by atoms with Crippen molar-refractivity contribution in [2.45, 2.75) is 19.9 Å².